The van der Waals surface area contributed by atoms with Crippen LogP contribution in [0.2, 0.25) is 0 Å². The first-order chi connectivity index (χ1) is 8.93. The van der Waals surface area contributed by atoms with Crippen LogP contribution in [0.25, 0.3) is 0 Å². The van der Waals surface area contributed by atoms with Gasteiger partial charge in [0.25, 0.3) is 0 Å². The first-order valence-corrected chi connectivity index (χ1v) is 7.50. The van der Waals surface area contributed by atoms with Gasteiger partial charge in [-0.3, -0.25) is 0 Å². The van der Waals surface area contributed by atoms with Crippen molar-refractivity contribution >= 4 is 30.5 Å². The Bertz CT molecular complexity index is 392. The highest BCUT2D eigenvalue weighted by atomic mass is 35.5. The normalized spacial score (nSPS) is 21.4. The van der Waals surface area contributed by atoms with Gasteiger partial charge in [0.05, 0.1) is 0 Å². The number of nitrogens with zero attached hydrogens (tertiary/aromatic N) is 1. The van der Waals surface area contributed by atoms with Gasteiger partial charge in [-0.15, -0.1) is 24.8 Å². The van der Waals surface area contributed by atoms with Gasteiger partial charge in [0.2, 0.25) is 0 Å². The average Bonchev–Trinajstić information content (AvgIpc) is 2.46. The summed E-state index contributed by atoms with van der Waals surface area (Å²) in [5, 5.41) is 3.66. The van der Waals surface area contributed by atoms with Crippen molar-refractivity contribution in [2.24, 2.45) is 0 Å². The van der Waals surface area contributed by atoms with Crippen LogP contribution in [0.15, 0.2) is 24.3 Å². The molecule has 1 unspecified atom stereocenters. The summed E-state index contributed by atoms with van der Waals surface area (Å²) in [5.74, 6) is 0. The van der Waals surface area contributed by atoms with Gasteiger partial charge in [0.1, 0.15) is 0 Å². The molecular weight excluding hydrogens is 291 g/mol. The minimum atomic E-state index is 0. The van der Waals surface area contributed by atoms with E-state index in [1.165, 1.54) is 63.8 Å². The summed E-state index contributed by atoms with van der Waals surface area (Å²) in [6.45, 7) is 3.68. The van der Waals surface area contributed by atoms with E-state index in [4.69, 9.17) is 0 Å². The van der Waals surface area contributed by atoms with Crippen LogP contribution >= 0.6 is 24.8 Å². The van der Waals surface area contributed by atoms with Crippen molar-refractivity contribution in [3.05, 3.63) is 29.8 Å². The summed E-state index contributed by atoms with van der Waals surface area (Å²) in [4.78, 5) is 2.59. The second kappa shape index (κ2) is 8.76. The molecule has 114 valence electrons. The first kappa shape index (κ1) is 17.6. The molecule has 2 aliphatic rings. The number of benzene rings is 1. The third-order valence-corrected chi connectivity index (χ3v) is 4.37. The van der Waals surface area contributed by atoms with Crippen molar-refractivity contribution in [2.45, 2.75) is 44.6 Å². The van der Waals surface area contributed by atoms with Crippen LogP contribution in [-0.2, 0) is 6.42 Å². The van der Waals surface area contributed by atoms with Crippen LogP contribution in [0.5, 0.6) is 0 Å². The molecule has 1 aromatic rings. The average molecular weight is 317 g/mol. The largest absolute Gasteiger partial charge is 0.371 e. The smallest absolute Gasteiger partial charge is 0.0398 e. The molecular formula is C16H26Cl2N2. The van der Waals surface area contributed by atoms with Crippen LogP contribution in [0.1, 0.15) is 37.7 Å². The lowest BCUT2D eigenvalue weighted by Crippen LogP contribution is -2.38. The third-order valence-electron chi connectivity index (χ3n) is 4.37. The number of halogens is 2. The Balaban J connectivity index is 0.000001000. The fraction of sp³-hybridized carbons (Fsp3) is 0.625. The molecule has 0 radical (unpaired) electrons. The predicted molar refractivity (Wildman–Crippen MR) is 91.7 cm³/mol. The van der Waals surface area contributed by atoms with Gasteiger partial charge < -0.3 is 10.2 Å². The van der Waals surface area contributed by atoms with E-state index in [2.05, 4.69) is 34.5 Å². The van der Waals surface area contributed by atoms with Gasteiger partial charge >= 0.3 is 0 Å². The van der Waals surface area contributed by atoms with Crippen LogP contribution < -0.4 is 10.2 Å². The zero-order valence-corrected chi connectivity index (χ0v) is 13.6. The molecule has 3 rings (SSSR count). The van der Waals surface area contributed by atoms with Crippen molar-refractivity contribution in [1.29, 1.82) is 0 Å². The van der Waals surface area contributed by atoms with E-state index in [0.29, 0.717) is 0 Å². The fourth-order valence-electron chi connectivity index (χ4n) is 3.33. The van der Waals surface area contributed by atoms with Gasteiger partial charge in [-0.2, -0.15) is 0 Å². The van der Waals surface area contributed by atoms with E-state index < -0.39 is 0 Å². The minimum Gasteiger partial charge on any atom is -0.371 e. The number of nitrogens with one attached hydrogen (secondary N) is 1. The second-order valence-electron chi connectivity index (χ2n) is 5.65. The molecule has 0 aliphatic carbocycles. The van der Waals surface area contributed by atoms with Crippen molar-refractivity contribution in [3.63, 3.8) is 0 Å². The van der Waals surface area contributed by atoms with Crippen molar-refractivity contribution in [3.8, 4) is 0 Å². The molecule has 0 saturated carbocycles. The monoisotopic (exact) mass is 316 g/mol. The Morgan fingerprint density at radius 3 is 2.75 bits per heavy atom. The number of aryl methyl sites for hydroxylation is 1. The summed E-state index contributed by atoms with van der Waals surface area (Å²) in [5.41, 5.74) is 3.03. The molecule has 0 aromatic heterocycles. The lowest BCUT2D eigenvalue weighted by molar-refractivity contribution is 0.382. The number of hydrogen-bond acceptors (Lipinski definition) is 2. The van der Waals surface area contributed by atoms with E-state index in [1.54, 1.807) is 5.56 Å². The van der Waals surface area contributed by atoms with E-state index >= 15 is 0 Å². The van der Waals surface area contributed by atoms with E-state index in [-0.39, 0.29) is 24.8 Å². The van der Waals surface area contributed by atoms with E-state index in [1.807, 2.05) is 0 Å². The maximum Gasteiger partial charge on any atom is 0.0398 e. The van der Waals surface area contributed by atoms with Crippen LogP contribution in [0.4, 0.5) is 5.69 Å². The summed E-state index contributed by atoms with van der Waals surface area (Å²) >= 11 is 0. The summed E-state index contributed by atoms with van der Waals surface area (Å²) in [6.07, 6.45) is 8.02. The van der Waals surface area contributed by atoms with Crippen molar-refractivity contribution in [1.82, 2.24) is 5.32 Å². The molecule has 0 amide bonds. The Morgan fingerprint density at radius 2 is 1.95 bits per heavy atom. The van der Waals surface area contributed by atoms with Gasteiger partial charge in [-0.05, 0) is 50.3 Å². The predicted octanol–water partition coefficient (Wildman–Crippen LogP) is 3.82. The third kappa shape index (κ3) is 4.28. The van der Waals surface area contributed by atoms with Crippen LogP contribution in [-0.4, -0.2) is 25.7 Å². The molecule has 2 nitrogen and oxygen atoms in total. The maximum absolute atomic E-state index is 3.66. The summed E-state index contributed by atoms with van der Waals surface area (Å²) in [7, 11) is 0. The van der Waals surface area contributed by atoms with Gasteiger partial charge in [-0.1, -0.05) is 24.6 Å². The summed E-state index contributed by atoms with van der Waals surface area (Å²) < 4.78 is 0. The molecule has 4 heteroatoms. The van der Waals surface area contributed by atoms with Crippen molar-refractivity contribution in [2.75, 3.05) is 24.5 Å². The highest BCUT2D eigenvalue weighted by Crippen LogP contribution is 2.27. The number of hydrogen-bond donors (Lipinski definition) is 1. The van der Waals surface area contributed by atoms with Crippen LogP contribution in [0, 0.1) is 0 Å². The molecule has 1 fully saturated rings. The van der Waals surface area contributed by atoms with E-state index in [9.17, 15) is 0 Å². The minimum absolute atomic E-state index is 0. The van der Waals surface area contributed by atoms with Gasteiger partial charge in [0, 0.05) is 24.8 Å². The molecule has 0 bridgehead atoms. The Hall–Kier alpha value is -0.440. The number of anilines is 1. The second-order valence-corrected chi connectivity index (χ2v) is 5.65. The fourth-order valence-corrected chi connectivity index (χ4v) is 3.33. The topological polar surface area (TPSA) is 15.3 Å². The van der Waals surface area contributed by atoms with Crippen molar-refractivity contribution < 1.29 is 0 Å². The Labute approximate surface area is 135 Å². The molecule has 20 heavy (non-hydrogen) atoms. The first-order valence-electron chi connectivity index (χ1n) is 7.50. The number of fused-ring (bicyclic) bond motifs is 1. The lowest BCUT2D eigenvalue weighted by atomic mass is 9.99. The van der Waals surface area contributed by atoms with E-state index in [0.717, 1.165) is 6.04 Å². The Kier molecular flexibility index (Phi) is 7.71. The van der Waals surface area contributed by atoms with Gasteiger partial charge in [0.15, 0.2) is 0 Å². The highest BCUT2D eigenvalue weighted by Gasteiger charge is 2.18. The van der Waals surface area contributed by atoms with Gasteiger partial charge in [-0.25, -0.2) is 0 Å². The maximum atomic E-state index is 3.66. The molecule has 1 aromatic carbocycles. The molecule has 0 spiro atoms. The summed E-state index contributed by atoms with van der Waals surface area (Å²) in [6, 6.07) is 9.69. The zero-order valence-electron chi connectivity index (χ0n) is 12.0. The highest BCUT2D eigenvalue weighted by molar-refractivity contribution is 5.85. The van der Waals surface area contributed by atoms with Crippen LogP contribution in [0.3, 0.4) is 0 Å². The SMILES string of the molecule is Cl.Cl.c1ccc2c(c1)CCCN2CCC1CCCCN1. The Morgan fingerprint density at radius 1 is 1.10 bits per heavy atom. The number of rotatable bonds is 3. The molecule has 2 heterocycles. The number of piperidine rings is 1. The molecule has 2 aliphatic heterocycles. The lowest BCUT2D eigenvalue weighted by Gasteiger charge is -2.33. The zero-order chi connectivity index (χ0) is 12.2. The number of para-hydroxylation sites is 1. The molecule has 1 saturated heterocycles. The molecule has 1 N–H and O–H groups in total. The quantitative estimate of drug-likeness (QED) is 0.912. The molecule has 1 atom stereocenters. The standard InChI is InChI=1S/C16H24N2.2ClH/c1-2-9-16-14(6-1)7-5-12-18(16)13-10-15-8-3-4-11-17-15;;/h1-2,6,9,15,17H,3-5,7-8,10-13H2;2*1H.